The van der Waals surface area contributed by atoms with Crippen molar-refractivity contribution < 1.29 is 19.7 Å². The number of hydrogen-bond acceptors (Lipinski definition) is 5. The van der Waals surface area contributed by atoms with E-state index in [4.69, 9.17) is 15.2 Å². The zero-order valence-corrected chi connectivity index (χ0v) is 13.8. The fourth-order valence-corrected chi connectivity index (χ4v) is 2.01. The van der Waals surface area contributed by atoms with E-state index in [1.54, 1.807) is 12.1 Å². The normalized spacial score (nSPS) is 13.5. The molecular weight excluding hydrogens is 294 g/mol. The van der Waals surface area contributed by atoms with Gasteiger partial charge in [0.25, 0.3) is 0 Å². The van der Waals surface area contributed by atoms with Crippen molar-refractivity contribution in [3.05, 3.63) is 17.7 Å². The molecule has 0 fully saturated rings. The predicted octanol–water partition coefficient (Wildman–Crippen LogP) is 2.63. The van der Waals surface area contributed by atoms with Gasteiger partial charge in [-0.3, -0.25) is 0 Å². The van der Waals surface area contributed by atoms with Crippen LogP contribution in [0.2, 0.25) is 0 Å². The van der Waals surface area contributed by atoms with E-state index in [1.165, 1.54) is 14.2 Å². The van der Waals surface area contributed by atoms with Crippen LogP contribution in [0, 0.1) is 5.92 Å². The summed E-state index contributed by atoms with van der Waals surface area (Å²) in [6.45, 7) is 4.20. The first-order chi connectivity index (χ1) is 9.40. The summed E-state index contributed by atoms with van der Waals surface area (Å²) in [5.74, 6) is 1.01. The molecule has 1 rings (SSSR count). The molecule has 0 saturated carbocycles. The van der Waals surface area contributed by atoms with E-state index in [2.05, 4.69) is 13.8 Å². The summed E-state index contributed by atoms with van der Waals surface area (Å²) < 4.78 is 10.2. The van der Waals surface area contributed by atoms with Crippen LogP contribution < -0.4 is 15.2 Å². The van der Waals surface area contributed by atoms with Gasteiger partial charge in [-0.25, -0.2) is 0 Å². The van der Waals surface area contributed by atoms with Gasteiger partial charge in [-0.1, -0.05) is 13.8 Å². The Bertz CT molecular complexity index is 415. The average Bonchev–Trinajstić information content (AvgIpc) is 2.44. The molecule has 0 aliphatic heterocycles. The standard InChI is InChI=1S/C15H25NO4.ClH/c1-9(2)5-6-11(17)14(16)10-7-12(19-3)15(18)13(8-10)20-4;/h7-9,11,14,17-18H,5-6,16H2,1-4H3;1H/t11-,14+;/m0./s1. The summed E-state index contributed by atoms with van der Waals surface area (Å²) >= 11 is 0. The summed E-state index contributed by atoms with van der Waals surface area (Å²) in [5.41, 5.74) is 6.75. The largest absolute Gasteiger partial charge is 0.502 e. The molecule has 0 radical (unpaired) electrons. The quantitative estimate of drug-likeness (QED) is 0.719. The van der Waals surface area contributed by atoms with Crippen LogP contribution in [0.3, 0.4) is 0 Å². The van der Waals surface area contributed by atoms with E-state index < -0.39 is 12.1 Å². The van der Waals surface area contributed by atoms with Gasteiger partial charge in [0.1, 0.15) is 0 Å². The summed E-state index contributed by atoms with van der Waals surface area (Å²) in [5, 5.41) is 20.0. The smallest absolute Gasteiger partial charge is 0.200 e. The van der Waals surface area contributed by atoms with Crippen LogP contribution in [0.25, 0.3) is 0 Å². The first-order valence-electron chi connectivity index (χ1n) is 6.79. The molecule has 122 valence electrons. The second-order valence-corrected chi connectivity index (χ2v) is 5.34. The topological polar surface area (TPSA) is 84.9 Å². The van der Waals surface area contributed by atoms with Crippen LogP contribution in [0.15, 0.2) is 12.1 Å². The van der Waals surface area contributed by atoms with Gasteiger partial charge in [-0.2, -0.15) is 0 Å². The Balaban J connectivity index is 0.00000400. The number of phenols is 1. The van der Waals surface area contributed by atoms with Crippen LogP contribution in [-0.2, 0) is 0 Å². The summed E-state index contributed by atoms with van der Waals surface area (Å²) in [4.78, 5) is 0. The molecule has 2 atom stereocenters. The highest BCUT2D eigenvalue weighted by atomic mass is 35.5. The van der Waals surface area contributed by atoms with Gasteiger partial charge in [0.05, 0.1) is 26.4 Å². The Morgan fingerprint density at radius 2 is 1.57 bits per heavy atom. The van der Waals surface area contributed by atoms with Crippen LogP contribution in [0.5, 0.6) is 17.2 Å². The van der Waals surface area contributed by atoms with Crippen molar-refractivity contribution in [2.24, 2.45) is 11.7 Å². The number of phenolic OH excluding ortho intramolecular Hbond substituents is 1. The zero-order valence-electron chi connectivity index (χ0n) is 13.0. The van der Waals surface area contributed by atoms with Crippen molar-refractivity contribution in [2.75, 3.05) is 14.2 Å². The maximum atomic E-state index is 10.1. The van der Waals surface area contributed by atoms with E-state index in [-0.39, 0.29) is 29.7 Å². The molecule has 0 spiro atoms. The maximum Gasteiger partial charge on any atom is 0.200 e. The summed E-state index contributed by atoms with van der Waals surface area (Å²) in [7, 11) is 2.91. The molecule has 0 saturated heterocycles. The third kappa shape index (κ3) is 5.26. The molecule has 5 nitrogen and oxygen atoms in total. The lowest BCUT2D eigenvalue weighted by molar-refractivity contribution is 0.128. The number of halogens is 1. The lowest BCUT2D eigenvalue weighted by atomic mass is 9.95. The van der Waals surface area contributed by atoms with Gasteiger partial charge in [-0.05, 0) is 36.5 Å². The Morgan fingerprint density at radius 3 is 1.95 bits per heavy atom. The zero-order chi connectivity index (χ0) is 15.3. The predicted molar refractivity (Wildman–Crippen MR) is 85.5 cm³/mol. The van der Waals surface area contributed by atoms with Crippen LogP contribution >= 0.6 is 12.4 Å². The number of aromatic hydroxyl groups is 1. The molecule has 0 unspecified atom stereocenters. The number of aliphatic hydroxyl groups excluding tert-OH is 1. The van der Waals surface area contributed by atoms with Crippen molar-refractivity contribution in [3.63, 3.8) is 0 Å². The van der Waals surface area contributed by atoms with E-state index >= 15 is 0 Å². The highest BCUT2D eigenvalue weighted by Crippen LogP contribution is 2.39. The van der Waals surface area contributed by atoms with E-state index in [1.807, 2.05) is 0 Å². The number of nitrogens with two attached hydrogens (primary N) is 1. The average molecular weight is 320 g/mol. The molecule has 6 heteroatoms. The second-order valence-electron chi connectivity index (χ2n) is 5.34. The number of hydrogen-bond donors (Lipinski definition) is 3. The summed E-state index contributed by atoms with van der Waals surface area (Å²) in [6, 6.07) is 2.71. The fraction of sp³-hybridized carbons (Fsp3) is 0.600. The first-order valence-corrected chi connectivity index (χ1v) is 6.79. The Labute approximate surface area is 132 Å². The SMILES string of the molecule is COc1cc([C@@H](N)[C@@H](O)CCC(C)C)cc(OC)c1O.Cl. The van der Waals surface area contributed by atoms with Gasteiger partial charge < -0.3 is 25.4 Å². The van der Waals surface area contributed by atoms with E-state index in [9.17, 15) is 10.2 Å². The Morgan fingerprint density at radius 1 is 1.10 bits per heavy atom. The highest BCUT2D eigenvalue weighted by molar-refractivity contribution is 5.85. The number of benzene rings is 1. The first kappa shape index (κ1) is 19.8. The molecule has 0 amide bonds. The Kier molecular flexibility index (Phi) is 8.47. The molecule has 0 aliphatic rings. The van der Waals surface area contributed by atoms with Gasteiger partial charge in [0.15, 0.2) is 11.5 Å². The molecule has 4 N–H and O–H groups in total. The van der Waals surface area contributed by atoms with Gasteiger partial charge in [0, 0.05) is 0 Å². The molecule has 0 aliphatic carbocycles. The fourth-order valence-electron chi connectivity index (χ4n) is 2.01. The minimum atomic E-state index is -0.642. The number of rotatable bonds is 7. The van der Waals surface area contributed by atoms with E-state index in [0.29, 0.717) is 17.9 Å². The minimum Gasteiger partial charge on any atom is -0.502 e. The molecule has 0 heterocycles. The monoisotopic (exact) mass is 319 g/mol. The molecule has 1 aromatic carbocycles. The van der Waals surface area contributed by atoms with Gasteiger partial charge in [-0.15, -0.1) is 12.4 Å². The molecule has 21 heavy (non-hydrogen) atoms. The molecule has 0 aromatic heterocycles. The van der Waals surface area contributed by atoms with Gasteiger partial charge >= 0.3 is 0 Å². The van der Waals surface area contributed by atoms with Crippen molar-refractivity contribution in [1.29, 1.82) is 0 Å². The highest BCUT2D eigenvalue weighted by Gasteiger charge is 2.21. The second kappa shape index (κ2) is 8.97. The van der Waals surface area contributed by atoms with E-state index in [0.717, 1.165) is 6.42 Å². The minimum absolute atomic E-state index is 0. The van der Waals surface area contributed by atoms with Gasteiger partial charge in [0.2, 0.25) is 5.75 Å². The van der Waals surface area contributed by atoms with Crippen LogP contribution in [-0.4, -0.2) is 30.5 Å². The van der Waals surface area contributed by atoms with Crippen LogP contribution in [0.1, 0.15) is 38.3 Å². The lowest BCUT2D eigenvalue weighted by Gasteiger charge is -2.21. The van der Waals surface area contributed by atoms with Crippen molar-refractivity contribution in [1.82, 2.24) is 0 Å². The molecule has 1 aromatic rings. The number of methoxy groups -OCH3 is 2. The summed E-state index contributed by atoms with van der Waals surface area (Å²) in [6.07, 6.45) is 0.891. The number of aliphatic hydroxyl groups is 1. The molecule has 0 bridgehead atoms. The lowest BCUT2D eigenvalue weighted by Crippen LogP contribution is -2.26. The van der Waals surface area contributed by atoms with Crippen molar-refractivity contribution >= 4 is 12.4 Å². The number of ether oxygens (including phenoxy) is 2. The van der Waals surface area contributed by atoms with Crippen molar-refractivity contribution in [3.8, 4) is 17.2 Å². The van der Waals surface area contributed by atoms with Crippen molar-refractivity contribution in [2.45, 2.75) is 38.8 Å². The Hall–Kier alpha value is -1.17. The van der Waals surface area contributed by atoms with Crippen LogP contribution in [0.4, 0.5) is 0 Å². The third-order valence-corrected chi connectivity index (χ3v) is 3.34. The molecular formula is C15H26ClNO4. The maximum absolute atomic E-state index is 10.1. The third-order valence-electron chi connectivity index (χ3n) is 3.34.